The quantitative estimate of drug-likeness (QED) is 0.390. The molecule has 0 saturated heterocycles. The molecule has 0 bridgehead atoms. The molecular formula is C15H12N2O4. The minimum atomic E-state index is -0.523. The summed E-state index contributed by atoms with van der Waals surface area (Å²) < 4.78 is 0. The van der Waals surface area contributed by atoms with Gasteiger partial charge in [-0.1, -0.05) is 30.3 Å². The van der Waals surface area contributed by atoms with Gasteiger partial charge in [-0.05, 0) is 12.1 Å². The maximum absolute atomic E-state index is 11.7. The van der Waals surface area contributed by atoms with Crippen molar-refractivity contribution in [2.45, 2.75) is 0 Å². The van der Waals surface area contributed by atoms with Crippen LogP contribution in [-0.4, -0.2) is 15.9 Å². The van der Waals surface area contributed by atoms with Crippen molar-refractivity contribution in [1.82, 2.24) is 0 Å². The fourth-order valence-electron chi connectivity index (χ4n) is 1.66. The Labute approximate surface area is 120 Å². The molecule has 0 heterocycles. The Bertz CT molecular complexity index is 679. The van der Waals surface area contributed by atoms with Crippen LogP contribution in [0.15, 0.2) is 60.7 Å². The van der Waals surface area contributed by atoms with Crippen molar-refractivity contribution in [2.24, 2.45) is 0 Å². The van der Waals surface area contributed by atoms with Gasteiger partial charge in [0.15, 0.2) is 0 Å². The first-order chi connectivity index (χ1) is 10.1. The van der Waals surface area contributed by atoms with E-state index in [0.717, 1.165) is 6.08 Å². The number of hydrogen-bond donors (Lipinski definition) is 2. The predicted molar refractivity (Wildman–Crippen MR) is 78.8 cm³/mol. The van der Waals surface area contributed by atoms with Gasteiger partial charge < -0.3 is 10.4 Å². The van der Waals surface area contributed by atoms with Gasteiger partial charge in [-0.25, -0.2) is 0 Å². The number of nitrogens with zero attached hydrogens (tertiary/aromatic N) is 1. The molecule has 2 aromatic carbocycles. The van der Waals surface area contributed by atoms with Crippen LogP contribution in [0.1, 0.15) is 5.56 Å². The Morgan fingerprint density at radius 1 is 1.10 bits per heavy atom. The highest BCUT2D eigenvalue weighted by molar-refractivity contribution is 6.03. The molecule has 0 aliphatic rings. The lowest BCUT2D eigenvalue weighted by Crippen LogP contribution is -2.08. The van der Waals surface area contributed by atoms with Crippen molar-refractivity contribution in [1.29, 1.82) is 0 Å². The molecule has 1 amide bonds. The molecule has 2 N–H and O–H groups in total. The van der Waals surface area contributed by atoms with E-state index in [0.29, 0.717) is 11.3 Å². The van der Waals surface area contributed by atoms with E-state index < -0.39 is 10.8 Å². The zero-order valence-corrected chi connectivity index (χ0v) is 10.9. The van der Waals surface area contributed by atoms with Crippen molar-refractivity contribution < 1.29 is 14.8 Å². The molecule has 0 aromatic heterocycles. The van der Waals surface area contributed by atoms with Crippen molar-refractivity contribution in [3.05, 3.63) is 76.4 Å². The Kier molecular flexibility index (Phi) is 4.30. The summed E-state index contributed by atoms with van der Waals surface area (Å²) in [5, 5.41) is 22.8. The van der Waals surface area contributed by atoms with Crippen LogP contribution in [0.2, 0.25) is 0 Å². The van der Waals surface area contributed by atoms with E-state index >= 15 is 0 Å². The van der Waals surface area contributed by atoms with E-state index in [9.17, 15) is 20.0 Å². The molecule has 0 fully saturated rings. The molecule has 0 atom stereocenters. The molecular weight excluding hydrogens is 272 g/mol. The van der Waals surface area contributed by atoms with Crippen molar-refractivity contribution in [3.63, 3.8) is 0 Å². The molecule has 0 radical (unpaired) electrons. The number of nitro groups is 1. The van der Waals surface area contributed by atoms with Gasteiger partial charge >= 0.3 is 0 Å². The monoisotopic (exact) mass is 284 g/mol. The second-order valence-electron chi connectivity index (χ2n) is 4.19. The van der Waals surface area contributed by atoms with Crippen molar-refractivity contribution in [2.75, 3.05) is 5.32 Å². The average molecular weight is 284 g/mol. The summed E-state index contributed by atoms with van der Waals surface area (Å²) >= 11 is 0. The number of carbonyl (C=O) groups is 1. The molecule has 0 aliphatic carbocycles. The summed E-state index contributed by atoms with van der Waals surface area (Å²) in [5.41, 5.74) is 0.870. The van der Waals surface area contributed by atoms with Gasteiger partial charge in [-0.15, -0.1) is 0 Å². The molecule has 2 rings (SSSR count). The third-order valence-corrected chi connectivity index (χ3v) is 2.68. The number of aliphatic hydroxyl groups excluding tert-OH is 1. The van der Waals surface area contributed by atoms with Crippen LogP contribution in [0, 0.1) is 10.1 Å². The second-order valence-corrected chi connectivity index (χ2v) is 4.19. The third kappa shape index (κ3) is 3.90. The molecule has 6 nitrogen and oxygen atoms in total. The van der Waals surface area contributed by atoms with Crippen LogP contribution in [-0.2, 0) is 4.79 Å². The summed E-state index contributed by atoms with van der Waals surface area (Å²) in [6, 6.07) is 14.0. The van der Waals surface area contributed by atoms with E-state index in [1.807, 2.05) is 0 Å². The summed E-state index contributed by atoms with van der Waals surface area (Å²) in [4.78, 5) is 21.7. The van der Waals surface area contributed by atoms with Crippen molar-refractivity contribution in [3.8, 4) is 0 Å². The summed E-state index contributed by atoms with van der Waals surface area (Å²) in [7, 11) is 0. The predicted octanol–water partition coefficient (Wildman–Crippen LogP) is 3.13. The normalized spacial score (nSPS) is 11.0. The molecule has 0 spiro atoms. The Morgan fingerprint density at radius 2 is 1.71 bits per heavy atom. The van der Waals surface area contributed by atoms with Gasteiger partial charge in [-0.2, -0.15) is 0 Å². The Balaban J connectivity index is 2.06. The van der Waals surface area contributed by atoms with E-state index in [-0.39, 0.29) is 11.4 Å². The number of nitrogens with one attached hydrogen (secondary N) is 1. The van der Waals surface area contributed by atoms with Crippen LogP contribution in [0.5, 0.6) is 0 Å². The first-order valence-electron chi connectivity index (χ1n) is 6.08. The number of rotatable bonds is 4. The first-order valence-corrected chi connectivity index (χ1v) is 6.08. The van der Waals surface area contributed by atoms with Crippen LogP contribution in [0.3, 0.4) is 0 Å². The lowest BCUT2D eigenvalue weighted by molar-refractivity contribution is -0.384. The Hall–Kier alpha value is -3.15. The van der Waals surface area contributed by atoms with Gasteiger partial charge in [-0.3, -0.25) is 14.9 Å². The minimum absolute atomic E-state index is 0.0596. The highest BCUT2D eigenvalue weighted by Crippen LogP contribution is 2.16. The SMILES string of the molecule is O=C(C=C(O)c1ccccc1)Nc1ccc([N+](=O)[O-])cc1. The number of hydrogen-bond acceptors (Lipinski definition) is 4. The van der Waals surface area contributed by atoms with Crippen LogP contribution in [0.25, 0.3) is 5.76 Å². The highest BCUT2D eigenvalue weighted by atomic mass is 16.6. The second kappa shape index (κ2) is 6.33. The summed E-state index contributed by atoms with van der Waals surface area (Å²) in [6.45, 7) is 0. The number of amides is 1. The van der Waals surface area contributed by atoms with Crippen molar-refractivity contribution >= 4 is 23.0 Å². The topological polar surface area (TPSA) is 92.5 Å². The number of anilines is 1. The summed E-state index contributed by atoms with van der Waals surface area (Å²) in [6.07, 6.45) is 1.05. The molecule has 6 heteroatoms. The van der Waals surface area contributed by atoms with Gasteiger partial charge in [0, 0.05) is 29.5 Å². The first kappa shape index (κ1) is 14.3. The van der Waals surface area contributed by atoms with E-state index in [2.05, 4.69) is 5.32 Å². The lowest BCUT2D eigenvalue weighted by atomic mass is 10.2. The van der Waals surface area contributed by atoms with E-state index in [1.165, 1.54) is 24.3 Å². The fourth-order valence-corrected chi connectivity index (χ4v) is 1.66. The van der Waals surface area contributed by atoms with Gasteiger partial charge in [0.2, 0.25) is 0 Å². The van der Waals surface area contributed by atoms with Gasteiger partial charge in [0.1, 0.15) is 5.76 Å². The molecule has 0 unspecified atom stereocenters. The van der Waals surface area contributed by atoms with Gasteiger partial charge in [0.05, 0.1) is 4.92 Å². The zero-order chi connectivity index (χ0) is 15.2. The molecule has 0 saturated carbocycles. The third-order valence-electron chi connectivity index (χ3n) is 2.68. The lowest BCUT2D eigenvalue weighted by Gasteiger charge is -2.03. The largest absolute Gasteiger partial charge is 0.507 e. The number of non-ortho nitro benzene ring substituents is 1. The summed E-state index contributed by atoms with van der Waals surface area (Å²) in [5.74, 6) is -0.680. The smallest absolute Gasteiger partial charge is 0.269 e. The van der Waals surface area contributed by atoms with Crippen LogP contribution >= 0.6 is 0 Å². The van der Waals surface area contributed by atoms with Crippen LogP contribution in [0.4, 0.5) is 11.4 Å². The van der Waals surface area contributed by atoms with Crippen LogP contribution < -0.4 is 5.32 Å². The fraction of sp³-hybridized carbons (Fsp3) is 0. The number of aliphatic hydroxyl groups is 1. The van der Waals surface area contributed by atoms with E-state index in [4.69, 9.17) is 0 Å². The highest BCUT2D eigenvalue weighted by Gasteiger charge is 2.06. The maximum Gasteiger partial charge on any atom is 0.269 e. The average Bonchev–Trinajstić information content (AvgIpc) is 2.48. The molecule has 0 aliphatic heterocycles. The zero-order valence-electron chi connectivity index (χ0n) is 10.9. The number of nitro benzene ring substituents is 1. The number of benzene rings is 2. The van der Waals surface area contributed by atoms with E-state index in [1.54, 1.807) is 30.3 Å². The minimum Gasteiger partial charge on any atom is -0.507 e. The molecule has 106 valence electrons. The maximum atomic E-state index is 11.7. The Morgan fingerprint density at radius 3 is 2.29 bits per heavy atom. The molecule has 2 aromatic rings. The van der Waals surface area contributed by atoms with Gasteiger partial charge in [0.25, 0.3) is 11.6 Å². The molecule has 21 heavy (non-hydrogen) atoms. The standard InChI is InChI=1S/C15H12N2O4/c18-14(11-4-2-1-3-5-11)10-15(19)16-12-6-8-13(9-7-12)17(20)21/h1-10,18H,(H,16,19). The number of carbonyl (C=O) groups excluding carboxylic acids is 1.